The summed E-state index contributed by atoms with van der Waals surface area (Å²) in [6.07, 6.45) is 7.27. The maximum absolute atomic E-state index is 13.1. The maximum Gasteiger partial charge on any atom is 0.250 e. The Balaban J connectivity index is 1.12. The topological polar surface area (TPSA) is 101 Å². The van der Waals surface area contributed by atoms with Crippen LogP contribution >= 0.6 is 0 Å². The van der Waals surface area contributed by atoms with E-state index in [1.807, 2.05) is 29.2 Å². The number of carbonyl (C=O) groups excluding carboxylic acids is 2. The number of nitrogens with zero attached hydrogens (tertiary/aromatic N) is 5. The van der Waals surface area contributed by atoms with Crippen molar-refractivity contribution in [1.29, 1.82) is 0 Å². The van der Waals surface area contributed by atoms with Crippen molar-refractivity contribution in [3.63, 3.8) is 0 Å². The third-order valence-electron chi connectivity index (χ3n) is 7.60. The highest BCUT2D eigenvalue weighted by Gasteiger charge is 2.26. The Kier molecular flexibility index (Phi) is 7.06. The Morgan fingerprint density at radius 1 is 1.05 bits per heavy atom. The van der Waals surface area contributed by atoms with Gasteiger partial charge >= 0.3 is 0 Å². The molecule has 0 radical (unpaired) electrons. The second-order valence-electron chi connectivity index (χ2n) is 10.6. The van der Waals surface area contributed by atoms with E-state index in [0.29, 0.717) is 49.7 Å². The van der Waals surface area contributed by atoms with Gasteiger partial charge in [0, 0.05) is 81.9 Å². The number of rotatable bonds is 7. The van der Waals surface area contributed by atoms with E-state index in [1.165, 1.54) is 5.56 Å². The van der Waals surface area contributed by atoms with Gasteiger partial charge in [0.15, 0.2) is 0 Å². The van der Waals surface area contributed by atoms with E-state index in [4.69, 9.17) is 9.72 Å². The summed E-state index contributed by atoms with van der Waals surface area (Å²) in [4.78, 5) is 42.4. The van der Waals surface area contributed by atoms with Crippen molar-refractivity contribution >= 4 is 17.9 Å². The second-order valence-corrected chi connectivity index (χ2v) is 10.6. The van der Waals surface area contributed by atoms with Crippen LogP contribution in [0.1, 0.15) is 28.9 Å². The van der Waals surface area contributed by atoms with E-state index >= 15 is 0 Å². The van der Waals surface area contributed by atoms with Gasteiger partial charge in [-0.05, 0) is 41.9 Å². The number of carbonyl (C=O) groups is 2. The van der Waals surface area contributed by atoms with Crippen LogP contribution in [0.15, 0.2) is 54.4 Å². The Bertz CT molecular complexity index is 1430. The summed E-state index contributed by atoms with van der Waals surface area (Å²) in [7, 11) is 2.09. The molecule has 9 nitrogen and oxygen atoms in total. The lowest BCUT2D eigenvalue weighted by atomic mass is 10.0. The van der Waals surface area contributed by atoms with Crippen LogP contribution in [0.25, 0.3) is 17.5 Å². The molecule has 4 heterocycles. The predicted octanol–water partition coefficient (Wildman–Crippen LogP) is 2.36. The van der Waals surface area contributed by atoms with Crippen molar-refractivity contribution in [2.75, 3.05) is 46.4 Å². The average Bonchev–Trinajstić information content (AvgIpc) is 3.58. The van der Waals surface area contributed by atoms with E-state index < -0.39 is 0 Å². The van der Waals surface area contributed by atoms with Crippen LogP contribution in [0, 0.1) is 5.92 Å². The van der Waals surface area contributed by atoms with E-state index in [1.54, 1.807) is 12.4 Å². The highest BCUT2D eigenvalue weighted by molar-refractivity contribution is 6.00. The second kappa shape index (κ2) is 10.9. The zero-order valence-electron chi connectivity index (χ0n) is 22.1. The highest BCUT2D eigenvalue weighted by Crippen LogP contribution is 2.28. The number of aromatic nitrogens is 3. The molecule has 2 fully saturated rings. The van der Waals surface area contributed by atoms with Crippen LogP contribution in [-0.4, -0.2) is 82.9 Å². The summed E-state index contributed by atoms with van der Waals surface area (Å²) in [5, 5.41) is 2.84. The van der Waals surface area contributed by atoms with Crippen molar-refractivity contribution in [1.82, 2.24) is 30.1 Å². The van der Waals surface area contributed by atoms with Crippen LogP contribution in [0.4, 0.5) is 0 Å². The minimum atomic E-state index is 0.0755. The number of amides is 2. The van der Waals surface area contributed by atoms with Gasteiger partial charge in [0.2, 0.25) is 11.8 Å². The number of piperazine rings is 1. The molecule has 1 aromatic carbocycles. The highest BCUT2D eigenvalue weighted by atomic mass is 16.5. The van der Waals surface area contributed by atoms with Crippen molar-refractivity contribution in [3.8, 4) is 17.1 Å². The minimum Gasteiger partial charge on any atom is -0.493 e. The zero-order valence-corrected chi connectivity index (χ0v) is 22.1. The molecule has 6 rings (SSSR count). The molecular weight excluding hydrogens is 492 g/mol. The van der Waals surface area contributed by atoms with Crippen molar-refractivity contribution in [3.05, 3.63) is 76.9 Å². The summed E-state index contributed by atoms with van der Waals surface area (Å²) in [5.74, 6) is 1.82. The first-order chi connectivity index (χ1) is 19.0. The minimum absolute atomic E-state index is 0.0755. The lowest BCUT2D eigenvalue weighted by Crippen LogP contribution is -2.47. The Labute approximate surface area is 227 Å². The van der Waals surface area contributed by atoms with Crippen LogP contribution in [0.5, 0.6) is 5.75 Å². The number of benzene rings is 1. The fourth-order valence-corrected chi connectivity index (χ4v) is 5.29. The van der Waals surface area contributed by atoms with Gasteiger partial charge in [-0.3, -0.25) is 14.6 Å². The molecule has 3 aromatic rings. The molecule has 0 bridgehead atoms. The fraction of sp³-hybridized carbons (Fsp3) is 0.367. The monoisotopic (exact) mass is 524 g/mol. The van der Waals surface area contributed by atoms with E-state index in [9.17, 15) is 9.59 Å². The molecule has 200 valence electrons. The van der Waals surface area contributed by atoms with Crippen molar-refractivity contribution < 1.29 is 14.3 Å². The number of nitrogens with one attached hydrogen (secondary N) is 1. The Morgan fingerprint density at radius 2 is 1.90 bits per heavy atom. The van der Waals surface area contributed by atoms with Crippen molar-refractivity contribution in [2.45, 2.75) is 19.3 Å². The third kappa shape index (κ3) is 5.83. The van der Waals surface area contributed by atoms with Gasteiger partial charge in [-0.2, -0.15) is 0 Å². The average molecular weight is 525 g/mol. The van der Waals surface area contributed by atoms with Gasteiger partial charge in [0.05, 0.1) is 18.0 Å². The maximum atomic E-state index is 13.1. The third-order valence-corrected chi connectivity index (χ3v) is 7.60. The molecule has 3 aliphatic rings. The molecule has 2 aromatic heterocycles. The number of likely N-dealkylation sites (N-methyl/N-ethyl adjacent to an activating group) is 1. The molecule has 2 amide bonds. The van der Waals surface area contributed by atoms with E-state index in [0.717, 1.165) is 48.6 Å². The fourth-order valence-electron chi connectivity index (χ4n) is 5.29. The number of fused-ring (bicyclic) bond motifs is 1. The van der Waals surface area contributed by atoms with E-state index in [2.05, 4.69) is 45.4 Å². The zero-order chi connectivity index (χ0) is 26.8. The van der Waals surface area contributed by atoms with Crippen LogP contribution in [0.2, 0.25) is 0 Å². The number of hydrogen-bond acceptors (Lipinski definition) is 7. The molecule has 2 saturated heterocycles. The molecule has 1 unspecified atom stereocenters. The Morgan fingerprint density at radius 3 is 2.72 bits per heavy atom. The van der Waals surface area contributed by atoms with Gasteiger partial charge in [-0.25, -0.2) is 9.97 Å². The predicted molar refractivity (Wildman–Crippen MR) is 147 cm³/mol. The lowest BCUT2D eigenvalue weighted by molar-refractivity contribution is -0.128. The summed E-state index contributed by atoms with van der Waals surface area (Å²) in [6.45, 7) is 4.53. The van der Waals surface area contributed by atoms with Crippen LogP contribution in [0.3, 0.4) is 0 Å². The van der Waals surface area contributed by atoms with E-state index in [-0.39, 0.29) is 17.7 Å². The molecule has 9 heteroatoms. The van der Waals surface area contributed by atoms with Crippen LogP contribution < -0.4 is 10.1 Å². The van der Waals surface area contributed by atoms with Gasteiger partial charge in [-0.1, -0.05) is 18.2 Å². The molecule has 1 N–H and O–H groups in total. The van der Waals surface area contributed by atoms with Gasteiger partial charge in [0.1, 0.15) is 11.6 Å². The van der Waals surface area contributed by atoms with Crippen molar-refractivity contribution in [2.24, 2.45) is 5.92 Å². The van der Waals surface area contributed by atoms with Gasteiger partial charge in [0.25, 0.3) is 0 Å². The largest absolute Gasteiger partial charge is 0.493 e. The summed E-state index contributed by atoms with van der Waals surface area (Å²) in [5.41, 5.74) is 5.69. The quantitative estimate of drug-likeness (QED) is 0.507. The molecular formula is C30H32N6O3. The van der Waals surface area contributed by atoms with Gasteiger partial charge < -0.3 is 19.9 Å². The summed E-state index contributed by atoms with van der Waals surface area (Å²) in [6, 6.07) is 11.9. The molecule has 2 aliphatic heterocycles. The molecule has 0 spiro atoms. The Hall–Kier alpha value is -4.11. The number of pyridine rings is 1. The number of hydrogen-bond donors (Lipinski definition) is 1. The first-order valence-corrected chi connectivity index (χ1v) is 13.5. The summed E-state index contributed by atoms with van der Waals surface area (Å²) >= 11 is 0. The molecule has 1 aliphatic carbocycles. The standard InChI is InChI=1S/C30H32N6O3/c1-35-8-10-36(11-9-35)30(38)24-15-22-3-2-20(12-23(22)16-24)13-28-32-7-5-26(34-28)27-17-25(4-6-31-27)39-19-21-14-29(37)33-18-21/h2-7,12,16-17,21H,8-11,13-15,18-19H2,1H3,(H,33,37). The molecule has 0 saturated carbocycles. The van der Waals surface area contributed by atoms with Gasteiger partial charge in [-0.15, -0.1) is 0 Å². The summed E-state index contributed by atoms with van der Waals surface area (Å²) < 4.78 is 5.93. The SMILES string of the molecule is CN1CCN(C(=O)C2=Cc3cc(Cc4nccc(-c5cc(OCC6CNC(=O)C6)ccn5)n4)ccc3C2)CC1. The smallest absolute Gasteiger partial charge is 0.250 e. The van der Waals surface area contributed by atoms with Crippen LogP contribution in [-0.2, 0) is 22.4 Å². The lowest BCUT2D eigenvalue weighted by Gasteiger charge is -2.32. The number of ether oxygens (including phenoxy) is 1. The molecule has 39 heavy (non-hydrogen) atoms. The first-order valence-electron chi connectivity index (χ1n) is 13.5. The first kappa shape index (κ1) is 25.2. The molecule has 1 atom stereocenters. The normalized spacial score (nSPS) is 19.0.